The predicted molar refractivity (Wildman–Crippen MR) is 111 cm³/mol. The molecule has 4 nitrogen and oxygen atoms in total. The number of carbonyl (C=O) groups is 2. The fourth-order valence-electron chi connectivity index (χ4n) is 3.17. The van der Waals surface area contributed by atoms with E-state index >= 15 is 0 Å². The number of nitrogens with one attached hydrogen (secondary N) is 1. The van der Waals surface area contributed by atoms with Gasteiger partial charge in [0.15, 0.2) is 0 Å². The lowest BCUT2D eigenvalue weighted by Gasteiger charge is -2.33. The molecule has 1 fully saturated rings. The molecule has 1 unspecified atom stereocenters. The third kappa shape index (κ3) is 5.27. The second-order valence-corrected chi connectivity index (χ2v) is 8.44. The summed E-state index contributed by atoms with van der Waals surface area (Å²) in [6.45, 7) is 3.13. The number of halogens is 1. The molecule has 1 heterocycles. The molecule has 1 saturated heterocycles. The van der Waals surface area contributed by atoms with Crippen molar-refractivity contribution in [1.29, 1.82) is 0 Å². The standard InChI is InChI=1S/C21H23ClN2O2S/c1-15(27-19-10-6-5-9-18(19)22)21(26)24-13-11-16(12-14-24)20(25)23-17-7-3-2-4-8-17/h2-10,15-16H,11-14H2,1H3,(H,23,25). The summed E-state index contributed by atoms with van der Waals surface area (Å²) in [6.07, 6.45) is 1.38. The van der Waals surface area contributed by atoms with Crippen LogP contribution in [-0.4, -0.2) is 35.1 Å². The van der Waals surface area contributed by atoms with E-state index in [-0.39, 0.29) is 23.0 Å². The number of piperidine rings is 1. The Hall–Kier alpha value is -1.98. The van der Waals surface area contributed by atoms with Gasteiger partial charge in [0, 0.05) is 29.6 Å². The summed E-state index contributed by atoms with van der Waals surface area (Å²) in [4.78, 5) is 27.9. The molecule has 1 aliphatic rings. The van der Waals surface area contributed by atoms with Crippen LogP contribution >= 0.6 is 23.4 Å². The first kappa shape index (κ1) is 19.8. The highest BCUT2D eigenvalue weighted by Gasteiger charge is 2.29. The van der Waals surface area contributed by atoms with Crippen molar-refractivity contribution in [2.24, 2.45) is 5.92 Å². The molecule has 0 bridgehead atoms. The van der Waals surface area contributed by atoms with Crippen molar-refractivity contribution in [3.63, 3.8) is 0 Å². The van der Waals surface area contributed by atoms with E-state index in [9.17, 15) is 9.59 Å². The molecule has 1 atom stereocenters. The number of hydrogen-bond acceptors (Lipinski definition) is 3. The quantitative estimate of drug-likeness (QED) is 0.737. The van der Waals surface area contributed by atoms with Gasteiger partial charge >= 0.3 is 0 Å². The Morgan fingerprint density at radius 3 is 2.37 bits per heavy atom. The lowest BCUT2D eigenvalue weighted by Crippen LogP contribution is -2.44. The van der Waals surface area contributed by atoms with E-state index in [4.69, 9.17) is 11.6 Å². The number of thioether (sulfide) groups is 1. The summed E-state index contributed by atoms with van der Waals surface area (Å²) in [7, 11) is 0. The van der Waals surface area contributed by atoms with Crippen LogP contribution < -0.4 is 5.32 Å². The maximum atomic E-state index is 12.7. The van der Waals surface area contributed by atoms with E-state index in [0.717, 1.165) is 10.6 Å². The van der Waals surface area contributed by atoms with Gasteiger partial charge in [-0.1, -0.05) is 41.9 Å². The van der Waals surface area contributed by atoms with Gasteiger partial charge < -0.3 is 10.2 Å². The number of rotatable bonds is 5. The Labute approximate surface area is 169 Å². The lowest BCUT2D eigenvalue weighted by molar-refractivity contribution is -0.133. The molecule has 27 heavy (non-hydrogen) atoms. The maximum Gasteiger partial charge on any atom is 0.235 e. The molecule has 1 aliphatic heterocycles. The molecule has 1 N–H and O–H groups in total. The number of anilines is 1. The van der Waals surface area contributed by atoms with Crippen molar-refractivity contribution in [2.45, 2.75) is 29.9 Å². The molecule has 0 radical (unpaired) electrons. The van der Waals surface area contributed by atoms with Crippen LogP contribution in [0.3, 0.4) is 0 Å². The van der Waals surface area contributed by atoms with Crippen LogP contribution in [0.15, 0.2) is 59.5 Å². The highest BCUT2D eigenvalue weighted by molar-refractivity contribution is 8.00. The number of amides is 2. The van der Waals surface area contributed by atoms with Crippen LogP contribution in [0.5, 0.6) is 0 Å². The Morgan fingerprint density at radius 2 is 1.70 bits per heavy atom. The largest absolute Gasteiger partial charge is 0.342 e. The lowest BCUT2D eigenvalue weighted by atomic mass is 9.95. The van der Waals surface area contributed by atoms with Crippen LogP contribution in [0.1, 0.15) is 19.8 Å². The van der Waals surface area contributed by atoms with Crippen LogP contribution in [0.4, 0.5) is 5.69 Å². The van der Waals surface area contributed by atoms with E-state index in [1.807, 2.05) is 66.4 Å². The molecular formula is C21H23ClN2O2S. The van der Waals surface area contributed by atoms with E-state index in [1.54, 1.807) is 0 Å². The van der Waals surface area contributed by atoms with Gasteiger partial charge in [0.1, 0.15) is 0 Å². The Bertz CT molecular complexity index is 792. The molecule has 0 aromatic heterocycles. The minimum absolute atomic E-state index is 0.0341. The minimum atomic E-state index is -0.209. The van der Waals surface area contributed by atoms with Crippen LogP contribution in [0, 0.1) is 5.92 Å². The molecule has 2 aromatic rings. The van der Waals surface area contributed by atoms with Gasteiger partial charge in [-0.05, 0) is 44.0 Å². The normalized spacial score (nSPS) is 16.0. The number of likely N-dealkylation sites (tertiary alicyclic amines) is 1. The molecule has 0 aliphatic carbocycles. The van der Waals surface area contributed by atoms with Crippen molar-refractivity contribution in [2.75, 3.05) is 18.4 Å². The van der Waals surface area contributed by atoms with Crippen molar-refractivity contribution in [3.8, 4) is 0 Å². The molecule has 0 spiro atoms. The third-order valence-corrected chi connectivity index (χ3v) is 6.31. The Kier molecular flexibility index (Phi) is 6.80. The summed E-state index contributed by atoms with van der Waals surface area (Å²) in [5, 5.41) is 3.41. The first-order chi connectivity index (χ1) is 13.0. The topological polar surface area (TPSA) is 49.4 Å². The molecule has 0 saturated carbocycles. The average Bonchev–Trinajstić information content (AvgIpc) is 2.70. The van der Waals surface area contributed by atoms with Gasteiger partial charge in [-0.25, -0.2) is 0 Å². The fourth-order valence-corrected chi connectivity index (χ4v) is 4.40. The highest BCUT2D eigenvalue weighted by Crippen LogP contribution is 2.31. The maximum absolute atomic E-state index is 12.7. The predicted octanol–water partition coefficient (Wildman–Crippen LogP) is 4.70. The van der Waals surface area contributed by atoms with Crippen molar-refractivity contribution < 1.29 is 9.59 Å². The number of hydrogen-bond donors (Lipinski definition) is 1. The number of nitrogens with zero attached hydrogens (tertiary/aromatic N) is 1. The van der Waals surface area contributed by atoms with Crippen LogP contribution in [-0.2, 0) is 9.59 Å². The van der Waals surface area contributed by atoms with Gasteiger partial charge in [-0.3, -0.25) is 9.59 Å². The van der Waals surface area contributed by atoms with E-state index in [1.165, 1.54) is 11.8 Å². The molecule has 2 aromatic carbocycles. The van der Waals surface area contributed by atoms with Gasteiger partial charge in [0.2, 0.25) is 11.8 Å². The zero-order chi connectivity index (χ0) is 19.2. The van der Waals surface area contributed by atoms with Crippen molar-refractivity contribution in [3.05, 3.63) is 59.6 Å². The highest BCUT2D eigenvalue weighted by atomic mass is 35.5. The summed E-state index contributed by atoms with van der Waals surface area (Å²) in [5.41, 5.74) is 0.811. The van der Waals surface area contributed by atoms with Crippen molar-refractivity contribution in [1.82, 2.24) is 4.90 Å². The fraction of sp³-hybridized carbons (Fsp3) is 0.333. The van der Waals surface area contributed by atoms with E-state index < -0.39 is 0 Å². The first-order valence-electron chi connectivity index (χ1n) is 9.10. The van der Waals surface area contributed by atoms with Crippen molar-refractivity contribution >= 4 is 40.9 Å². The molecule has 2 amide bonds. The summed E-state index contributed by atoms with van der Waals surface area (Å²) < 4.78 is 0. The summed E-state index contributed by atoms with van der Waals surface area (Å²) in [6, 6.07) is 17.0. The van der Waals surface area contributed by atoms with Gasteiger partial charge in [-0.2, -0.15) is 0 Å². The smallest absolute Gasteiger partial charge is 0.235 e. The molecular weight excluding hydrogens is 380 g/mol. The molecule has 3 rings (SSSR count). The monoisotopic (exact) mass is 402 g/mol. The third-order valence-electron chi connectivity index (χ3n) is 4.71. The van der Waals surface area contributed by atoms with Gasteiger partial charge in [-0.15, -0.1) is 11.8 Å². The van der Waals surface area contributed by atoms with Gasteiger partial charge in [0.25, 0.3) is 0 Å². The van der Waals surface area contributed by atoms with E-state index in [0.29, 0.717) is 31.0 Å². The second kappa shape index (κ2) is 9.29. The molecule has 142 valence electrons. The summed E-state index contributed by atoms with van der Waals surface area (Å²) in [5.74, 6) is 0.0782. The van der Waals surface area contributed by atoms with Gasteiger partial charge in [0.05, 0.1) is 10.3 Å². The minimum Gasteiger partial charge on any atom is -0.342 e. The van der Waals surface area contributed by atoms with Crippen LogP contribution in [0.2, 0.25) is 5.02 Å². The Balaban J connectivity index is 1.50. The molecule has 6 heteroatoms. The SMILES string of the molecule is CC(Sc1ccccc1Cl)C(=O)N1CCC(C(=O)Nc2ccccc2)CC1. The Morgan fingerprint density at radius 1 is 1.07 bits per heavy atom. The number of para-hydroxylation sites is 1. The first-order valence-corrected chi connectivity index (χ1v) is 10.4. The number of carbonyl (C=O) groups excluding carboxylic acids is 2. The number of benzene rings is 2. The second-order valence-electron chi connectivity index (χ2n) is 6.65. The van der Waals surface area contributed by atoms with Crippen LogP contribution in [0.25, 0.3) is 0 Å². The zero-order valence-electron chi connectivity index (χ0n) is 15.2. The average molecular weight is 403 g/mol. The van der Waals surface area contributed by atoms with E-state index in [2.05, 4.69) is 5.32 Å². The summed E-state index contributed by atoms with van der Waals surface area (Å²) >= 11 is 7.67. The zero-order valence-corrected chi connectivity index (χ0v) is 16.8.